The van der Waals surface area contributed by atoms with Gasteiger partial charge in [0.1, 0.15) is 5.82 Å². The molecule has 28 heavy (non-hydrogen) atoms. The van der Waals surface area contributed by atoms with E-state index in [0.717, 1.165) is 5.56 Å². The molecular weight excluding hydrogens is 360 g/mol. The molecule has 0 aliphatic carbocycles. The Morgan fingerprint density at radius 2 is 1.68 bits per heavy atom. The van der Waals surface area contributed by atoms with E-state index < -0.39 is 0 Å². The summed E-state index contributed by atoms with van der Waals surface area (Å²) < 4.78 is 15.0. The molecule has 2 aromatic heterocycles. The maximum atomic E-state index is 12.7. The van der Waals surface area contributed by atoms with E-state index in [0.29, 0.717) is 41.6 Å². The molecule has 0 N–H and O–H groups in total. The maximum absolute atomic E-state index is 12.7. The molecule has 0 radical (unpaired) electrons. The third-order valence-electron chi connectivity index (χ3n) is 4.74. The van der Waals surface area contributed by atoms with Gasteiger partial charge in [0.05, 0.1) is 14.2 Å². The van der Waals surface area contributed by atoms with Crippen molar-refractivity contribution in [2.75, 3.05) is 14.2 Å². The summed E-state index contributed by atoms with van der Waals surface area (Å²) in [5.41, 5.74) is 1.04. The Labute approximate surface area is 162 Å². The molecular formula is C20H24N4O4. The van der Waals surface area contributed by atoms with E-state index in [4.69, 9.17) is 9.47 Å². The fourth-order valence-electron chi connectivity index (χ4n) is 3.22. The van der Waals surface area contributed by atoms with Crippen molar-refractivity contribution in [3.8, 4) is 11.5 Å². The maximum Gasteiger partial charge on any atom is 0.332 e. The predicted molar refractivity (Wildman–Crippen MR) is 109 cm³/mol. The standard InChI is InChI=1S/C20H24N4O4/c1-6-23-18-17(19(25)24(7-2)20(23)26)22(3)16(21-18)11-9-13-8-10-14(27-4)15(12-13)28-5/h8-12H,6-7H2,1-5H3. The zero-order chi connectivity index (χ0) is 20.4. The van der Waals surface area contributed by atoms with Crippen LogP contribution >= 0.6 is 0 Å². The van der Waals surface area contributed by atoms with E-state index in [9.17, 15) is 9.59 Å². The van der Waals surface area contributed by atoms with Crippen molar-refractivity contribution in [2.45, 2.75) is 26.9 Å². The van der Waals surface area contributed by atoms with Crippen LogP contribution in [0.5, 0.6) is 11.5 Å². The zero-order valence-corrected chi connectivity index (χ0v) is 16.7. The Balaban J connectivity index is 2.14. The number of methoxy groups -OCH3 is 2. The molecule has 1 aromatic carbocycles. The summed E-state index contributed by atoms with van der Waals surface area (Å²) in [4.78, 5) is 29.8. The fraction of sp³-hybridized carbons (Fsp3) is 0.350. The smallest absolute Gasteiger partial charge is 0.332 e. The van der Waals surface area contributed by atoms with Gasteiger partial charge in [-0.3, -0.25) is 13.9 Å². The lowest BCUT2D eigenvalue weighted by molar-refractivity contribution is 0.355. The van der Waals surface area contributed by atoms with Gasteiger partial charge in [-0.1, -0.05) is 12.1 Å². The van der Waals surface area contributed by atoms with Gasteiger partial charge in [-0.05, 0) is 37.6 Å². The van der Waals surface area contributed by atoms with Crippen molar-refractivity contribution >= 4 is 23.3 Å². The highest BCUT2D eigenvalue weighted by Gasteiger charge is 2.17. The second-order valence-electron chi connectivity index (χ2n) is 6.23. The van der Waals surface area contributed by atoms with Gasteiger partial charge in [-0.2, -0.15) is 0 Å². The molecule has 8 heteroatoms. The van der Waals surface area contributed by atoms with Crippen molar-refractivity contribution in [1.29, 1.82) is 0 Å². The minimum atomic E-state index is -0.337. The van der Waals surface area contributed by atoms with Gasteiger partial charge in [0, 0.05) is 20.1 Å². The molecule has 8 nitrogen and oxygen atoms in total. The lowest BCUT2D eigenvalue weighted by atomic mass is 10.2. The summed E-state index contributed by atoms with van der Waals surface area (Å²) >= 11 is 0. The minimum Gasteiger partial charge on any atom is -0.493 e. The molecule has 2 heterocycles. The van der Waals surface area contributed by atoms with E-state index in [-0.39, 0.29) is 11.2 Å². The number of fused-ring (bicyclic) bond motifs is 1. The van der Waals surface area contributed by atoms with Crippen LogP contribution in [0.2, 0.25) is 0 Å². The fourth-order valence-corrected chi connectivity index (χ4v) is 3.22. The summed E-state index contributed by atoms with van der Waals surface area (Å²) in [6.07, 6.45) is 3.68. The van der Waals surface area contributed by atoms with Crippen molar-refractivity contribution in [2.24, 2.45) is 7.05 Å². The highest BCUT2D eigenvalue weighted by molar-refractivity contribution is 5.77. The van der Waals surface area contributed by atoms with Gasteiger partial charge in [-0.15, -0.1) is 0 Å². The lowest BCUT2D eigenvalue weighted by Crippen LogP contribution is -2.39. The first-order valence-electron chi connectivity index (χ1n) is 9.06. The molecule has 0 aliphatic rings. The number of aromatic nitrogens is 4. The molecule has 0 saturated heterocycles. The van der Waals surface area contributed by atoms with Gasteiger partial charge in [0.15, 0.2) is 22.7 Å². The van der Waals surface area contributed by atoms with E-state index in [1.165, 1.54) is 9.13 Å². The molecule has 0 unspecified atom stereocenters. The van der Waals surface area contributed by atoms with Crippen LogP contribution in [0.15, 0.2) is 27.8 Å². The van der Waals surface area contributed by atoms with Crippen molar-refractivity contribution in [3.05, 3.63) is 50.4 Å². The summed E-state index contributed by atoms with van der Waals surface area (Å²) in [5.74, 6) is 1.85. The largest absolute Gasteiger partial charge is 0.493 e. The van der Waals surface area contributed by atoms with Crippen molar-refractivity contribution < 1.29 is 9.47 Å². The first kappa shape index (κ1) is 19.5. The van der Waals surface area contributed by atoms with E-state index in [1.807, 2.05) is 31.2 Å². The number of ether oxygens (including phenoxy) is 2. The summed E-state index contributed by atoms with van der Waals surface area (Å²) in [6.45, 7) is 4.39. The molecule has 0 spiro atoms. The Morgan fingerprint density at radius 3 is 2.29 bits per heavy atom. The number of nitrogens with zero attached hydrogens (tertiary/aromatic N) is 4. The second-order valence-corrected chi connectivity index (χ2v) is 6.23. The van der Waals surface area contributed by atoms with Crippen LogP contribution < -0.4 is 20.7 Å². The third kappa shape index (κ3) is 3.11. The van der Waals surface area contributed by atoms with Crippen LogP contribution in [0.25, 0.3) is 23.3 Å². The number of imidazole rings is 1. The van der Waals surface area contributed by atoms with Gasteiger partial charge < -0.3 is 14.0 Å². The molecule has 0 bridgehead atoms. The Bertz CT molecular complexity index is 1170. The van der Waals surface area contributed by atoms with Crippen LogP contribution in [0, 0.1) is 0 Å². The van der Waals surface area contributed by atoms with Crippen LogP contribution in [-0.2, 0) is 20.1 Å². The molecule has 3 aromatic rings. The second kappa shape index (κ2) is 7.75. The zero-order valence-electron chi connectivity index (χ0n) is 16.7. The quantitative estimate of drug-likeness (QED) is 0.650. The summed E-state index contributed by atoms with van der Waals surface area (Å²) in [5, 5.41) is 0. The van der Waals surface area contributed by atoms with Crippen LogP contribution in [0.1, 0.15) is 25.2 Å². The number of hydrogen-bond acceptors (Lipinski definition) is 5. The molecule has 0 fully saturated rings. The van der Waals surface area contributed by atoms with Crippen LogP contribution in [-0.4, -0.2) is 32.9 Å². The van der Waals surface area contributed by atoms with Gasteiger partial charge in [0.25, 0.3) is 5.56 Å². The van der Waals surface area contributed by atoms with Gasteiger partial charge >= 0.3 is 5.69 Å². The topological polar surface area (TPSA) is 80.3 Å². The Morgan fingerprint density at radius 1 is 1.00 bits per heavy atom. The predicted octanol–water partition coefficient (Wildman–Crippen LogP) is 2.12. The summed E-state index contributed by atoms with van der Waals surface area (Å²) in [6, 6.07) is 5.57. The minimum absolute atomic E-state index is 0.315. The summed E-state index contributed by atoms with van der Waals surface area (Å²) in [7, 11) is 4.94. The van der Waals surface area contributed by atoms with Gasteiger partial charge in [-0.25, -0.2) is 9.78 Å². The van der Waals surface area contributed by atoms with Crippen LogP contribution in [0.4, 0.5) is 0 Å². The Kier molecular flexibility index (Phi) is 5.39. The molecule has 0 aliphatic heterocycles. The van der Waals surface area contributed by atoms with Crippen LogP contribution in [0.3, 0.4) is 0 Å². The number of rotatable bonds is 6. The van der Waals surface area contributed by atoms with E-state index in [1.54, 1.807) is 38.8 Å². The molecule has 0 atom stereocenters. The Hall–Kier alpha value is -3.29. The molecule has 3 rings (SSSR count). The number of hydrogen-bond donors (Lipinski definition) is 0. The lowest BCUT2D eigenvalue weighted by Gasteiger charge is -2.08. The van der Waals surface area contributed by atoms with E-state index in [2.05, 4.69) is 4.98 Å². The first-order valence-corrected chi connectivity index (χ1v) is 9.06. The normalized spacial score (nSPS) is 11.5. The first-order chi connectivity index (χ1) is 13.5. The average Bonchev–Trinajstić information content (AvgIpc) is 3.03. The number of aryl methyl sites for hydroxylation is 2. The van der Waals surface area contributed by atoms with E-state index >= 15 is 0 Å². The van der Waals surface area contributed by atoms with Crippen molar-refractivity contribution in [3.63, 3.8) is 0 Å². The van der Waals surface area contributed by atoms with Crippen molar-refractivity contribution in [1.82, 2.24) is 18.7 Å². The monoisotopic (exact) mass is 384 g/mol. The molecule has 148 valence electrons. The molecule has 0 amide bonds. The van der Waals surface area contributed by atoms with Gasteiger partial charge in [0.2, 0.25) is 0 Å². The highest BCUT2D eigenvalue weighted by Crippen LogP contribution is 2.28. The number of benzene rings is 1. The average molecular weight is 384 g/mol. The SMILES string of the molecule is CCn1c(=O)c2c(nc(C=Cc3ccc(OC)c(OC)c3)n2C)n(CC)c1=O. The highest BCUT2D eigenvalue weighted by atomic mass is 16.5. The molecule has 0 saturated carbocycles. The third-order valence-corrected chi connectivity index (χ3v) is 4.74.